The van der Waals surface area contributed by atoms with Crippen LogP contribution in [0, 0.1) is 5.82 Å². The summed E-state index contributed by atoms with van der Waals surface area (Å²) in [6.07, 6.45) is 1.53. The van der Waals surface area contributed by atoms with Crippen LogP contribution in [0.3, 0.4) is 0 Å². The number of nitrogens with one attached hydrogen (secondary N) is 2. The van der Waals surface area contributed by atoms with Crippen molar-refractivity contribution in [2.24, 2.45) is 0 Å². The average Bonchev–Trinajstić information content (AvgIpc) is 3.18. The van der Waals surface area contributed by atoms with Crippen molar-refractivity contribution in [3.63, 3.8) is 0 Å². The van der Waals surface area contributed by atoms with Crippen LogP contribution < -0.4 is 10.6 Å². The second-order valence-electron chi connectivity index (χ2n) is 5.52. The number of anilines is 1. The maximum atomic E-state index is 13.2. The summed E-state index contributed by atoms with van der Waals surface area (Å²) >= 11 is 0. The van der Waals surface area contributed by atoms with Crippen LogP contribution in [0.1, 0.15) is 18.9 Å². The van der Waals surface area contributed by atoms with Gasteiger partial charge in [-0.25, -0.2) is 9.18 Å². The van der Waals surface area contributed by atoms with Crippen molar-refractivity contribution < 1.29 is 23.3 Å². The van der Waals surface area contributed by atoms with Gasteiger partial charge in [0.1, 0.15) is 24.2 Å². The molecule has 2 N–H and O–H groups in total. The number of halogens is 1. The van der Waals surface area contributed by atoms with E-state index in [0.717, 1.165) is 4.90 Å². The molecule has 0 saturated carbocycles. The van der Waals surface area contributed by atoms with Crippen molar-refractivity contribution in [1.82, 2.24) is 15.4 Å². The minimum atomic E-state index is -1.32. The molecule has 1 aliphatic rings. The summed E-state index contributed by atoms with van der Waals surface area (Å²) in [5, 5.41) is 8.56. The van der Waals surface area contributed by atoms with Crippen LogP contribution in [0.25, 0.3) is 0 Å². The maximum Gasteiger partial charge on any atom is 0.325 e. The second-order valence-corrected chi connectivity index (χ2v) is 5.52. The Hall–Kier alpha value is -3.23. The Kier molecular flexibility index (Phi) is 4.22. The minimum Gasteiger partial charge on any atom is -0.363 e. The molecular formula is C16H15FN4O4. The van der Waals surface area contributed by atoms with Gasteiger partial charge in [-0.3, -0.25) is 14.5 Å². The molecular weight excluding hydrogens is 331 g/mol. The van der Waals surface area contributed by atoms with Gasteiger partial charge in [-0.2, -0.15) is 0 Å². The third-order valence-corrected chi connectivity index (χ3v) is 4.05. The molecule has 0 spiro atoms. The fourth-order valence-corrected chi connectivity index (χ4v) is 2.75. The second kappa shape index (κ2) is 6.34. The Bertz CT molecular complexity index is 806. The number of carbonyl (C=O) groups is 3. The lowest BCUT2D eigenvalue weighted by atomic mass is 9.87. The van der Waals surface area contributed by atoms with Crippen LogP contribution in [0.4, 0.5) is 15.0 Å². The summed E-state index contributed by atoms with van der Waals surface area (Å²) in [4.78, 5) is 37.9. The monoisotopic (exact) mass is 346 g/mol. The fourth-order valence-electron chi connectivity index (χ4n) is 2.75. The van der Waals surface area contributed by atoms with Gasteiger partial charge >= 0.3 is 6.03 Å². The van der Waals surface area contributed by atoms with Gasteiger partial charge in [0, 0.05) is 6.07 Å². The first-order chi connectivity index (χ1) is 12.0. The van der Waals surface area contributed by atoms with Crippen LogP contribution in [-0.2, 0) is 15.1 Å². The fraction of sp³-hybridized carbons (Fsp3) is 0.250. The summed E-state index contributed by atoms with van der Waals surface area (Å²) in [7, 11) is 0. The van der Waals surface area contributed by atoms with Crippen LogP contribution in [0.15, 0.2) is 41.1 Å². The lowest BCUT2D eigenvalue weighted by Gasteiger charge is -2.25. The number of nitrogens with zero attached hydrogens (tertiary/aromatic N) is 2. The van der Waals surface area contributed by atoms with Crippen molar-refractivity contribution in [2.75, 3.05) is 11.9 Å². The third kappa shape index (κ3) is 2.95. The number of amides is 4. The van der Waals surface area contributed by atoms with Crippen LogP contribution in [0.2, 0.25) is 0 Å². The van der Waals surface area contributed by atoms with Gasteiger partial charge in [0.05, 0.1) is 0 Å². The molecule has 1 aromatic heterocycles. The molecule has 4 amide bonds. The van der Waals surface area contributed by atoms with E-state index in [1.54, 1.807) is 6.92 Å². The summed E-state index contributed by atoms with van der Waals surface area (Å²) in [5.74, 6) is -1.43. The van der Waals surface area contributed by atoms with Gasteiger partial charge in [-0.15, -0.1) is 0 Å². The zero-order valence-electron chi connectivity index (χ0n) is 13.3. The highest BCUT2D eigenvalue weighted by molar-refractivity contribution is 6.10. The van der Waals surface area contributed by atoms with Gasteiger partial charge in [0.15, 0.2) is 5.82 Å². The van der Waals surface area contributed by atoms with E-state index < -0.39 is 35.7 Å². The summed E-state index contributed by atoms with van der Waals surface area (Å²) in [6.45, 7) is 1.25. The average molecular weight is 346 g/mol. The first kappa shape index (κ1) is 16.6. The predicted molar refractivity (Wildman–Crippen MR) is 83.7 cm³/mol. The Morgan fingerprint density at radius 2 is 2.04 bits per heavy atom. The van der Waals surface area contributed by atoms with Crippen LogP contribution in [0.5, 0.6) is 0 Å². The SMILES string of the molecule is CC[C@]1(c2ccc(F)cc2)NC(=O)N(CC(=O)Nc2ccon2)C1=O. The summed E-state index contributed by atoms with van der Waals surface area (Å²) in [6, 6.07) is 6.05. The highest BCUT2D eigenvalue weighted by Gasteiger charge is 2.51. The molecule has 130 valence electrons. The molecule has 1 aromatic carbocycles. The number of aromatic nitrogens is 1. The molecule has 9 heteroatoms. The lowest BCUT2D eigenvalue weighted by Crippen LogP contribution is -2.44. The number of hydrogen-bond acceptors (Lipinski definition) is 5. The first-order valence-corrected chi connectivity index (χ1v) is 7.56. The Morgan fingerprint density at radius 1 is 1.32 bits per heavy atom. The number of rotatable bonds is 5. The zero-order valence-corrected chi connectivity index (χ0v) is 13.3. The van der Waals surface area contributed by atoms with E-state index in [0.29, 0.717) is 5.56 Å². The minimum absolute atomic E-state index is 0.178. The van der Waals surface area contributed by atoms with Crippen molar-refractivity contribution in [1.29, 1.82) is 0 Å². The van der Waals surface area contributed by atoms with E-state index in [-0.39, 0.29) is 12.2 Å². The van der Waals surface area contributed by atoms with Crippen molar-refractivity contribution >= 4 is 23.7 Å². The quantitative estimate of drug-likeness (QED) is 0.801. The molecule has 0 radical (unpaired) electrons. The molecule has 3 rings (SSSR count). The molecule has 0 bridgehead atoms. The molecule has 0 unspecified atom stereocenters. The molecule has 1 saturated heterocycles. The molecule has 1 aliphatic heterocycles. The largest absolute Gasteiger partial charge is 0.363 e. The Labute approximate surface area is 142 Å². The van der Waals surface area contributed by atoms with Crippen LogP contribution in [-0.4, -0.2) is 34.4 Å². The molecule has 25 heavy (non-hydrogen) atoms. The van der Waals surface area contributed by atoms with Crippen molar-refractivity contribution in [3.05, 3.63) is 48.0 Å². The van der Waals surface area contributed by atoms with Gasteiger partial charge < -0.3 is 15.2 Å². The number of urea groups is 1. The van der Waals surface area contributed by atoms with Crippen molar-refractivity contribution in [3.8, 4) is 0 Å². The summed E-state index contributed by atoms with van der Waals surface area (Å²) < 4.78 is 17.7. The normalized spacial score (nSPS) is 19.8. The van der Waals surface area contributed by atoms with Gasteiger partial charge in [0.25, 0.3) is 5.91 Å². The van der Waals surface area contributed by atoms with Gasteiger partial charge in [-0.05, 0) is 24.1 Å². The van der Waals surface area contributed by atoms with E-state index in [1.807, 2.05) is 0 Å². The molecule has 8 nitrogen and oxygen atoms in total. The smallest absolute Gasteiger partial charge is 0.325 e. The summed E-state index contributed by atoms with van der Waals surface area (Å²) in [5.41, 5.74) is -0.868. The van der Waals surface area contributed by atoms with Gasteiger partial charge in [0.2, 0.25) is 5.91 Å². The molecule has 2 aromatic rings. The lowest BCUT2D eigenvalue weighted by molar-refractivity contribution is -0.134. The first-order valence-electron chi connectivity index (χ1n) is 7.56. The molecule has 2 heterocycles. The van der Waals surface area contributed by atoms with E-state index in [4.69, 9.17) is 0 Å². The molecule has 1 atom stereocenters. The third-order valence-electron chi connectivity index (χ3n) is 4.05. The van der Waals surface area contributed by atoms with E-state index in [9.17, 15) is 18.8 Å². The topological polar surface area (TPSA) is 105 Å². The number of carbonyl (C=O) groups excluding carboxylic acids is 3. The van der Waals surface area contributed by atoms with Gasteiger partial charge in [-0.1, -0.05) is 24.2 Å². The van der Waals surface area contributed by atoms with E-state index in [2.05, 4.69) is 20.3 Å². The highest BCUT2D eigenvalue weighted by atomic mass is 19.1. The van der Waals surface area contributed by atoms with Crippen LogP contribution >= 0.6 is 0 Å². The maximum absolute atomic E-state index is 13.2. The van der Waals surface area contributed by atoms with Crippen molar-refractivity contribution in [2.45, 2.75) is 18.9 Å². The molecule has 1 fully saturated rings. The molecule has 0 aliphatic carbocycles. The predicted octanol–water partition coefficient (Wildman–Crippen LogP) is 1.61. The number of imide groups is 1. The Morgan fingerprint density at radius 3 is 2.64 bits per heavy atom. The highest BCUT2D eigenvalue weighted by Crippen LogP contribution is 2.32. The number of benzene rings is 1. The Balaban J connectivity index is 1.80. The standard InChI is InChI=1S/C16H15FN4O4/c1-2-16(10-3-5-11(17)6-4-10)14(23)21(15(24)19-16)9-13(22)18-12-7-8-25-20-12/h3-8H,2,9H2,1H3,(H,19,24)(H,18,20,22)/t16-/m1/s1. The number of hydrogen-bond donors (Lipinski definition) is 2. The van der Waals surface area contributed by atoms with E-state index >= 15 is 0 Å². The van der Waals surface area contributed by atoms with E-state index in [1.165, 1.54) is 36.6 Å². The zero-order chi connectivity index (χ0) is 18.0.